The van der Waals surface area contributed by atoms with Crippen molar-refractivity contribution in [2.24, 2.45) is 0 Å². The number of rotatable bonds is 6. The van der Waals surface area contributed by atoms with Crippen LogP contribution in [-0.4, -0.2) is 39.7 Å². The summed E-state index contributed by atoms with van der Waals surface area (Å²) in [5, 5.41) is 6.19. The molecule has 0 bridgehead atoms. The Bertz CT molecular complexity index is 1410. The zero-order chi connectivity index (χ0) is 26.0. The summed E-state index contributed by atoms with van der Waals surface area (Å²) in [5.41, 5.74) is 10.2. The van der Waals surface area contributed by atoms with E-state index in [9.17, 15) is 18.0 Å². The molecule has 0 aliphatic carbocycles. The monoisotopic (exact) mass is 510 g/mol. The van der Waals surface area contributed by atoms with Gasteiger partial charge in [-0.1, -0.05) is 24.3 Å². The number of hydrogen-bond acceptors (Lipinski definition) is 6. The second kappa shape index (κ2) is 10.1. The van der Waals surface area contributed by atoms with Crippen molar-refractivity contribution in [1.29, 1.82) is 0 Å². The van der Waals surface area contributed by atoms with Gasteiger partial charge in [0.2, 0.25) is 0 Å². The molecule has 192 valence electrons. The number of amides is 1. The molecule has 0 saturated carbocycles. The number of nitrogens with zero attached hydrogens (tertiary/aromatic N) is 3. The summed E-state index contributed by atoms with van der Waals surface area (Å²) in [6.45, 7) is 2.01. The van der Waals surface area contributed by atoms with Crippen molar-refractivity contribution in [3.05, 3.63) is 77.7 Å². The van der Waals surface area contributed by atoms with Gasteiger partial charge in [-0.25, -0.2) is 9.97 Å². The first-order valence-electron chi connectivity index (χ1n) is 11.8. The summed E-state index contributed by atoms with van der Waals surface area (Å²) in [5.74, 6) is -0.00996. The van der Waals surface area contributed by atoms with Crippen LogP contribution in [0.3, 0.4) is 0 Å². The van der Waals surface area contributed by atoms with Gasteiger partial charge < -0.3 is 21.1 Å². The molecule has 3 heterocycles. The van der Waals surface area contributed by atoms with Gasteiger partial charge in [0.05, 0.1) is 17.6 Å². The van der Waals surface area contributed by atoms with Crippen molar-refractivity contribution < 1.29 is 22.7 Å². The van der Waals surface area contributed by atoms with E-state index >= 15 is 0 Å². The van der Waals surface area contributed by atoms with Crippen LogP contribution in [0.15, 0.2) is 60.9 Å². The van der Waals surface area contributed by atoms with E-state index in [-0.39, 0.29) is 18.2 Å². The van der Waals surface area contributed by atoms with Crippen LogP contribution < -0.4 is 21.1 Å². The molecular formula is C26H25F3N6O2. The summed E-state index contributed by atoms with van der Waals surface area (Å²) < 4.78 is 42.8. The Labute approximate surface area is 210 Å². The van der Waals surface area contributed by atoms with E-state index in [1.807, 2.05) is 16.7 Å². The predicted octanol–water partition coefficient (Wildman–Crippen LogP) is 4.27. The van der Waals surface area contributed by atoms with Crippen LogP contribution in [0.5, 0.6) is 5.75 Å². The Morgan fingerprint density at radius 1 is 1.22 bits per heavy atom. The third-order valence-corrected chi connectivity index (χ3v) is 6.28. The molecule has 4 aromatic rings. The smallest absolute Gasteiger partial charge is 0.406 e. The van der Waals surface area contributed by atoms with Crippen molar-refractivity contribution in [3.63, 3.8) is 0 Å². The quantitative estimate of drug-likeness (QED) is 0.358. The van der Waals surface area contributed by atoms with Crippen LogP contribution in [0, 0.1) is 0 Å². The summed E-state index contributed by atoms with van der Waals surface area (Å²) in [6.07, 6.45) is 1.03. The van der Waals surface area contributed by atoms with Gasteiger partial charge in [-0.2, -0.15) is 0 Å². The topological polar surface area (TPSA) is 107 Å². The first-order valence-corrected chi connectivity index (χ1v) is 11.8. The minimum Gasteiger partial charge on any atom is -0.406 e. The number of benzene rings is 2. The Balaban J connectivity index is 1.33. The first kappa shape index (κ1) is 24.6. The molecule has 1 aliphatic heterocycles. The summed E-state index contributed by atoms with van der Waals surface area (Å²) in [6, 6.07) is 12.4. The number of anilines is 1. The molecule has 2 aromatic heterocycles. The normalized spacial score (nSPS) is 16.0. The highest BCUT2D eigenvalue weighted by Gasteiger charge is 2.31. The van der Waals surface area contributed by atoms with Gasteiger partial charge in [0.25, 0.3) is 5.91 Å². The molecular weight excluding hydrogens is 485 g/mol. The second-order valence-electron chi connectivity index (χ2n) is 8.89. The minimum atomic E-state index is -4.75. The number of carbonyl (C=O) groups is 1. The number of ether oxygens (including phenoxy) is 1. The van der Waals surface area contributed by atoms with Gasteiger partial charge in [0.15, 0.2) is 11.5 Å². The number of fused-ring (bicyclic) bond motifs is 1. The fraction of sp³-hybridized carbons (Fsp3) is 0.269. The lowest BCUT2D eigenvalue weighted by Crippen LogP contribution is -2.28. The zero-order valence-corrected chi connectivity index (χ0v) is 19.8. The van der Waals surface area contributed by atoms with Crippen molar-refractivity contribution in [2.45, 2.75) is 31.7 Å². The molecule has 2 aromatic carbocycles. The van der Waals surface area contributed by atoms with Crippen molar-refractivity contribution >= 4 is 17.4 Å². The van der Waals surface area contributed by atoms with Gasteiger partial charge in [0, 0.05) is 36.3 Å². The molecule has 1 unspecified atom stereocenters. The highest BCUT2D eigenvalue weighted by Crippen LogP contribution is 2.28. The van der Waals surface area contributed by atoms with E-state index < -0.39 is 6.36 Å². The lowest BCUT2D eigenvalue weighted by Gasteiger charge is -2.20. The predicted molar refractivity (Wildman–Crippen MR) is 132 cm³/mol. The maximum atomic E-state index is 12.8. The highest BCUT2D eigenvalue weighted by molar-refractivity contribution is 5.95. The third kappa shape index (κ3) is 5.67. The number of nitrogen functional groups attached to an aromatic ring is 1. The molecule has 4 N–H and O–H groups in total. The number of nitrogens with one attached hydrogen (secondary N) is 2. The van der Waals surface area contributed by atoms with E-state index in [4.69, 9.17) is 10.7 Å². The molecule has 1 amide bonds. The highest BCUT2D eigenvalue weighted by atomic mass is 19.4. The van der Waals surface area contributed by atoms with E-state index in [0.29, 0.717) is 28.5 Å². The van der Waals surface area contributed by atoms with Crippen LogP contribution >= 0.6 is 0 Å². The third-order valence-electron chi connectivity index (χ3n) is 6.28. The van der Waals surface area contributed by atoms with Crippen LogP contribution in [0.2, 0.25) is 0 Å². The SMILES string of the molecule is Nc1ncc(-c2cccc(C(=O)NCc3ccc(OC(F)(F)F)cc3)c2)n2cc(C3CCCNC3)nc12. The number of nitrogens with two attached hydrogens (primary N) is 1. The fourth-order valence-corrected chi connectivity index (χ4v) is 4.44. The maximum Gasteiger partial charge on any atom is 0.573 e. The van der Waals surface area contributed by atoms with Gasteiger partial charge in [0.1, 0.15) is 5.75 Å². The number of piperidine rings is 1. The van der Waals surface area contributed by atoms with Crippen LogP contribution in [0.25, 0.3) is 16.9 Å². The Kier molecular flexibility index (Phi) is 6.70. The lowest BCUT2D eigenvalue weighted by atomic mass is 9.97. The Morgan fingerprint density at radius 2 is 2.03 bits per heavy atom. The standard InChI is InChI=1S/C26H25F3N6O2/c27-26(28,29)37-20-8-6-16(7-9-20)12-33-25(36)18-4-1-3-17(11-18)22-14-32-23(30)24-34-21(15-35(22)24)19-5-2-10-31-13-19/h1,3-4,6-9,11,14-15,19,31H,2,5,10,12-13H2,(H2,30,32)(H,33,36). The lowest BCUT2D eigenvalue weighted by molar-refractivity contribution is -0.274. The largest absolute Gasteiger partial charge is 0.573 e. The van der Waals surface area contributed by atoms with Crippen LogP contribution in [0.1, 0.15) is 40.4 Å². The molecule has 5 rings (SSSR count). The fourth-order valence-electron chi connectivity index (χ4n) is 4.44. The van der Waals surface area contributed by atoms with E-state index in [0.717, 1.165) is 42.9 Å². The molecule has 0 spiro atoms. The van der Waals surface area contributed by atoms with Crippen LogP contribution in [-0.2, 0) is 6.54 Å². The number of halogens is 3. The Morgan fingerprint density at radius 3 is 2.76 bits per heavy atom. The van der Waals surface area contributed by atoms with E-state index in [2.05, 4.69) is 20.4 Å². The summed E-state index contributed by atoms with van der Waals surface area (Å²) in [4.78, 5) is 21.9. The number of aromatic nitrogens is 3. The molecule has 1 fully saturated rings. The van der Waals surface area contributed by atoms with Gasteiger partial charge in [-0.15, -0.1) is 13.2 Å². The summed E-state index contributed by atoms with van der Waals surface area (Å²) in [7, 11) is 0. The molecule has 11 heteroatoms. The van der Waals surface area contributed by atoms with Crippen LogP contribution in [0.4, 0.5) is 19.0 Å². The first-order chi connectivity index (χ1) is 17.8. The van der Waals surface area contributed by atoms with Gasteiger partial charge in [-0.05, 0) is 49.2 Å². The van der Waals surface area contributed by atoms with E-state index in [1.165, 1.54) is 24.3 Å². The molecule has 1 aliphatic rings. The number of alkyl halides is 3. The zero-order valence-electron chi connectivity index (χ0n) is 19.8. The molecule has 8 nitrogen and oxygen atoms in total. The average Bonchev–Trinajstić information content (AvgIpc) is 3.35. The van der Waals surface area contributed by atoms with Crippen molar-refractivity contribution in [2.75, 3.05) is 18.8 Å². The summed E-state index contributed by atoms with van der Waals surface area (Å²) >= 11 is 0. The van der Waals surface area contributed by atoms with E-state index in [1.54, 1.807) is 24.4 Å². The molecule has 1 saturated heterocycles. The second-order valence-corrected chi connectivity index (χ2v) is 8.89. The molecule has 1 atom stereocenters. The molecule has 37 heavy (non-hydrogen) atoms. The van der Waals surface area contributed by atoms with Crippen molar-refractivity contribution in [1.82, 2.24) is 25.0 Å². The number of imidazole rings is 1. The van der Waals surface area contributed by atoms with Gasteiger partial charge >= 0.3 is 6.36 Å². The maximum absolute atomic E-state index is 12.8. The average molecular weight is 511 g/mol. The number of hydrogen-bond donors (Lipinski definition) is 3. The number of carbonyl (C=O) groups excluding carboxylic acids is 1. The van der Waals surface area contributed by atoms with Crippen molar-refractivity contribution in [3.8, 4) is 17.0 Å². The minimum absolute atomic E-state index is 0.142. The molecule has 0 radical (unpaired) electrons. The van der Waals surface area contributed by atoms with Gasteiger partial charge in [-0.3, -0.25) is 9.20 Å². The Hall–Kier alpha value is -4.12.